The van der Waals surface area contributed by atoms with E-state index in [0.29, 0.717) is 46.9 Å². The Labute approximate surface area is 240 Å². The summed E-state index contributed by atoms with van der Waals surface area (Å²) in [5.41, 5.74) is 5.13. The van der Waals surface area contributed by atoms with Crippen molar-refractivity contribution in [3.8, 4) is 28.1 Å². The van der Waals surface area contributed by atoms with E-state index in [0.717, 1.165) is 41.3 Å². The SMILES string of the molecule is COC(=O)NCCOC1COc2cc(-c3c(-c4cn(C)nc4F)[nH]c4ncc5c(c34)n(C3CCC3)c(=O)n5C)ccc21.[HH]. The number of methoxy groups -OCH3 is 1. The molecular weight excluding hydrogens is 545 g/mol. The Hall–Kier alpha value is -4.65. The van der Waals surface area contributed by atoms with Gasteiger partial charge >= 0.3 is 11.8 Å². The van der Waals surface area contributed by atoms with E-state index in [1.807, 2.05) is 22.8 Å². The van der Waals surface area contributed by atoms with E-state index in [2.05, 4.69) is 25.1 Å². The topological polar surface area (TPSA) is 130 Å². The average Bonchev–Trinajstić information content (AvgIpc) is 3.69. The number of imidazole rings is 1. The lowest BCUT2D eigenvalue weighted by molar-refractivity contribution is 0.0397. The van der Waals surface area contributed by atoms with E-state index in [1.165, 1.54) is 11.8 Å². The van der Waals surface area contributed by atoms with Gasteiger partial charge in [0.1, 0.15) is 24.1 Å². The van der Waals surface area contributed by atoms with Crippen molar-refractivity contribution in [2.45, 2.75) is 31.4 Å². The Kier molecular flexibility index (Phi) is 6.26. The van der Waals surface area contributed by atoms with Crippen LogP contribution in [0.5, 0.6) is 5.75 Å². The van der Waals surface area contributed by atoms with Gasteiger partial charge in [0.2, 0.25) is 5.95 Å². The molecule has 12 nitrogen and oxygen atoms in total. The number of nitrogens with zero attached hydrogens (tertiary/aromatic N) is 5. The van der Waals surface area contributed by atoms with Crippen LogP contribution < -0.4 is 15.7 Å². The largest absolute Gasteiger partial charge is 0.490 e. The van der Waals surface area contributed by atoms with Crippen molar-refractivity contribution >= 4 is 28.2 Å². The van der Waals surface area contributed by atoms with Gasteiger partial charge in [-0.2, -0.15) is 4.39 Å². The molecule has 0 saturated heterocycles. The number of H-pyrrole nitrogens is 1. The summed E-state index contributed by atoms with van der Waals surface area (Å²) < 4.78 is 36.7. The maximum atomic E-state index is 15.2. The summed E-state index contributed by atoms with van der Waals surface area (Å²) in [6.45, 7) is 0.906. The molecule has 1 aliphatic heterocycles. The van der Waals surface area contributed by atoms with Crippen LogP contribution in [0.4, 0.5) is 9.18 Å². The van der Waals surface area contributed by atoms with E-state index >= 15 is 4.39 Å². The lowest BCUT2D eigenvalue weighted by Crippen LogP contribution is -2.29. The van der Waals surface area contributed by atoms with Crippen LogP contribution in [-0.2, 0) is 23.6 Å². The minimum atomic E-state index is -0.613. The predicted molar refractivity (Wildman–Crippen MR) is 154 cm³/mol. The quantitative estimate of drug-likeness (QED) is 0.277. The first-order valence-electron chi connectivity index (χ1n) is 13.9. The van der Waals surface area contributed by atoms with Crippen LogP contribution in [0, 0.1) is 5.95 Å². The molecule has 1 atom stereocenters. The molecule has 2 aliphatic rings. The molecule has 1 unspecified atom stereocenters. The van der Waals surface area contributed by atoms with E-state index in [4.69, 9.17) is 9.47 Å². The number of carbonyl (C=O) groups is 1. The summed E-state index contributed by atoms with van der Waals surface area (Å²) in [7, 11) is 4.73. The van der Waals surface area contributed by atoms with Crippen molar-refractivity contribution in [2.24, 2.45) is 14.1 Å². The monoisotopic (exact) mass is 577 g/mol. The molecule has 5 aromatic rings. The van der Waals surface area contributed by atoms with E-state index in [9.17, 15) is 9.59 Å². The molecule has 1 saturated carbocycles. The fourth-order valence-electron chi connectivity index (χ4n) is 5.98. The van der Waals surface area contributed by atoms with Crippen LogP contribution in [0.25, 0.3) is 44.5 Å². The molecule has 0 bridgehead atoms. The van der Waals surface area contributed by atoms with Crippen molar-refractivity contribution in [1.82, 2.24) is 34.2 Å². The molecule has 1 fully saturated rings. The second-order valence-corrected chi connectivity index (χ2v) is 10.7. The number of benzene rings is 1. The molecule has 220 valence electrons. The highest BCUT2D eigenvalue weighted by Crippen LogP contribution is 2.45. The minimum Gasteiger partial charge on any atom is -0.490 e. The molecular formula is C29H32FN7O5. The van der Waals surface area contributed by atoms with Crippen LogP contribution in [0.2, 0.25) is 0 Å². The molecule has 0 spiro atoms. The molecule has 42 heavy (non-hydrogen) atoms. The van der Waals surface area contributed by atoms with E-state index in [-0.39, 0.29) is 25.9 Å². The second kappa shape index (κ2) is 10.0. The molecule has 1 aliphatic carbocycles. The third-order valence-electron chi connectivity index (χ3n) is 8.28. The summed E-state index contributed by atoms with van der Waals surface area (Å²) in [4.78, 5) is 32.8. The number of rotatable bonds is 7. The number of aromatic amines is 1. The van der Waals surface area contributed by atoms with Gasteiger partial charge in [-0.1, -0.05) is 12.1 Å². The second-order valence-electron chi connectivity index (χ2n) is 10.7. The summed E-state index contributed by atoms with van der Waals surface area (Å²) in [6, 6.07) is 5.91. The van der Waals surface area contributed by atoms with Gasteiger partial charge in [0, 0.05) is 45.4 Å². The third-order valence-corrected chi connectivity index (χ3v) is 8.28. The van der Waals surface area contributed by atoms with Crippen LogP contribution in [0.3, 0.4) is 0 Å². The Morgan fingerprint density at radius 3 is 2.86 bits per heavy atom. The lowest BCUT2D eigenvalue weighted by Gasteiger charge is -2.26. The Bertz CT molecular complexity index is 1920. The van der Waals surface area contributed by atoms with Crippen LogP contribution in [0.15, 0.2) is 35.4 Å². The number of ether oxygens (including phenoxy) is 3. The number of carbonyl (C=O) groups excluding carboxylic acids is 1. The molecule has 1 aromatic carbocycles. The zero-order chi connectivity index (χ0) is 29.1. The van der Waals surface area contributed by atoms with Crippen LogP contribution >= 0.6 is 0 Å². The van der Waals surface area contributed by atoms with Gasteiger partial charge < -0.3 is 24.5 Å². The van der Waals surface area contributed by atoms with Gasteiger partial charge in [0.05, 0.1) is 47.6 Å². The highest BCUT2D eigenvalue weighted by Gasteiger charge is 2.31. The molecule has 13 heteroatoms. The number of aromatic nitrogens is 6. The predicted octanol–water partition coefficient (Wildman–Crippen LogP) is 4.20. The number of hydrogen-bond donors (Lipinski definition) is 2. The summed E-state index contributed by atoms with van der Waals surface area (Å²) in [6.07, 6.45) is 5.42. The Balaban J connectivity index is 0.00000329. The first-order valence-corrected chi connectivity index (χ1v) is 13.9. The minimum absolute atomic E-state index is 0. The van der Waals surface area contributed by atoms with Crippen LogP contribution in [-0.4, -0.2) is 61.8 Å². The Morgan fingerprint density at radius 1 is 1.31 bits per heavy atom. The third kappa shape index (κ3) is 4.06. The van der Waals surface area contributed by atoms with Crippen molar-refractivity contribution in [1.29, 1.82) is 0 Å². The maximum Gasteiger partial charge on any atom is 0.406 e. The van der Waals surface area contributed by atoms with Gasteiger partial charge in [0.15, 0.2) is 0 Å². The number of pyridine rings is 1. The molecule has 0 radical (unpaired) electrons. The number of amides is 1. The fourth-order valence-corrected chi connectivity index (χ4v) is 5.98. The van der Waals surface area contributed by atoms with Gasteiger partial charge in [0.25, 0.3) is 0 Å². The van der Waals surface area contributed by atoms with E-state index < -0.39 is 12.0 Å². The highest BCUT2D eigenvalue weighted by atomic mass is 19.1. The number of alkyl carbamates (subject to hydrolysis) is 1. The number of fused-ring (bicyclic) bond motifs is 4. The average molecular weight is 578 g/mol. The molecule has 2 N–H and O–H groups in total. The van der Waals surface area contributed by atoms with Crippen molar-refractivity contribution in [3.05, 3.63) is 52.6 Å². The van der Waals surface area contributed by atoms with Crippen molar-refractivity contribution in [2.75, 3.05) is 26.9 Å². The summed E-state index contributed by atoms with van der Waals surface area (Å²) in [5, 5.41) is 7.28. The molecule has 5 heterocycles. The number of hydrogen-bond acceptors (Lipinski definition) is 7. The highest BCUT2D eigenvalue weighted by molar-refractivity contribution is 6.14. The van der Waals surface area contributed by atoms with Gasteiger partial charge in [-0.15, -0.1) is 5.10 Å². The van der Waals surface area contributed by atoms with Gasteiger partial charge in [-0.05, 0) is 30.9 Å². The fraction of sp³-hybridized carbons (Fsp3) is 0.379. The smallest absolute Gasteiger partial charge is 0.406 e. The standard InChI is InChI=1S/C29H30FN7O5.H2/c1-35-13-18(26(30)34-35)24-22(15-7-8-17-20(11-15)42-14-21(17)41-10-9-31-28(38)40-3)23-25-19(12-32-27(23)33-24)36(2)29(39)37(25)16-5-4-6-16;/h7-8,11-13,16,21H,4-6,9-10,14H2,1-3H3,(H,31,38)(H,32,33);1H. The lowest BCUT2D eigenvalue weighted by atomic mass is 9.92. The van der Waals surface area contributed by atoms with Crippen molar-refractivity contribution in [3.63, 3.8) is 0 Å². The Morgan fingerprint density at radius 2 is 2.14 bits per heavy atom. The summed E-state index contributed by atoms with van der Waals surface area (Å²) >= 11 is 0. The maximum absolute atomic E-state index is 15.2. The van der Waals surface area contributed by atoms with Gasteiger partial charge in [-0.25, -0.2) is 14.6 Å². The first kappa shape index (κ1) is 26.3. The molecule has 7 rings (SSSR count). The first-order chi connectivity index (χ1) is 20.4. The molecule has 4 aromatic heterocycles. The number of halogens is 1. The van der Waals surface area contributed by atoms with Gasteiger partial charge in [-0.3, -0.25) is 13.8 Å². The van der Waals surface area contributed by atoms with E-state index in [1.54, 1.807) is 31.1 Å². The number of aryl methyl sites for hydroxylation is 2. The summed E-state index contributed by atoms with van der Waals surface area (Å²) in [5.74, 6) is 0.0346. The number of nitrogens with one attached hydrogen (secondary N) is 2. The van der Waals surface area contributed by atoms with Crippen molar-refractivity contribution < 1.29 is 24.8 Å². The zero-order valence-corrected chi connectivity index (χ0v) is 23.4. The van der Waals surface area contributed by atoms with Crippen LogP contribution in [0.1, 0.15) is 38.4 Å². The normalized spacial score (nSPS) is 16.5. The zero-order valence-electron chi connectivity index (χ0n) is 23.4. The molecule has 1 amide bonds.